The molecule has 2 amide bonds. The topological polar surface area (TPSA) is 188 Å². The van der Waals surface area contributed by atoms with Crippen molar-refractivity contribution in [2.75, 3.05) is 11.5 Å². The number of nitrogens with two attached hydrogens (primary N) is 1. The molecule has 0 bridgehead atoms. The van der Waals surface area contributed by atoms with E-state index in [9.17, 15) is 29.4 Å². The van der Waals surface area contributed by atoms with Gasteiger partial charge in [-0.1, -0.05) is 11.2 Å². The number of carboxylic acid groups (broad SMARTS) is 2. The number of thiazole rings is 1. The van der Waals surface area contributed by atoms with E-state index in [1.807, 2.05) is 22.8 Å². The number of carbonyl (C=O) groups excluding carboxylic acids is 2. The Morgan fingerprint density at radius 3 is 2.55 bits per heavy atom. The Morgan fingerprint density at radius 1 is 1.29 bits per heavy atom. The summed E-state index contributed by atoms with van der Waals surface area (Å²) in [5, 5.41) is 26.3. The zero-order valence-electron chi connectivity index (χ0n) is 19.7. The number of hydrogen-bond donors (Lipinski definition) is 4. The number of aliphatic carboxylic acids is 2. The SMILES string of the molecule is CC(C)(O/N=C(/C(=O)N[C@@H]1C(=O)N2C(C(=O)O)=C(C[n+]3ccccc3)CS[C@H]12)c1csc(N)n1)C(=O)O.[KH]. The predicted octanol–water partition coefficient (Wildman–Crippen LogP) is -0.613. The molecule has 0 saturated carbocycles. The van der Waals surface area contributed by atoms with Gasteiger partial charge in [0, 0.05) is 28.8 Å². The number of amides is 2. The number of nitrogens with one attached hydrogen (secondary N) is 1. The summed E-state index contributed by atoms with van der Waals surface area (Å²) in [6, 6.07) is 4.44. The molecule has 13 nitrogen and oxygen atoms in total. The Labute approximate surface area is 267 Å². The predicted molar refractivity (Wildman–Crippen MR) is 139 cm³/mol. The first-order valence-electron chi connectivity index (χ1n) is 10.9. The van der Waals surface area contributed by atoms with Crippen molar-refractivity contribution in [3.63, 3.8) is 0 Å². The molecule has 196 valence electrons. The van der Waals surface area contributed by atoms with Gasteiger partial charge in [-0.2, -0.15) is 0 Å². The summed E-state index contributed by atoms with van der Waals surface area (Å²) in [4.78, 5) is 59.9. The molecule has 0 spiro atoms. The van der Waals surface area contributed by atoms with Crippen LogP contribution in [0.15, 0.2) is 52.4 Å². The van der Waals surface area contributed by atoms with Crippen molar-refractivity contribution >= 4 is 109 Å². The van der Waals surface area contributed by atoms with E-state index in [1.165, 1.54) is 35.9 Å². The fraction of sp³-hybridized carbons (Fsp3) is 0.318. The summed E-state index contributed by atoms with van der Waals surface area (Å²) < 4.78 is 1.81. The van der Waals surface area contributed by atoms with Crippen molar-refractivity contribution in [1.82, 2.24) is 15.2 Å². The Morgan fingerprint density at radius 2 is 1.97 bits per heavy atom. The number of hydrogen-bond acceptors (Lipinski definition) is 10. The first-order chi connectivity index (χ1) is 17.5. The van der Waals surface area contributed by atoms with Crippen molar-refractivity contribution in [1.29, 1.82) is 0 Å². The molecule has 1 saturated heterocycles. The van der Waals surface area contributed by atoms with E-state index in [1.54, 1.807) is 12.4 Å². The summed E-state index contributed by atoms with van der Waals surface area (Å²) >= 11 is 2.35. The zero-order chi connectivity index (χ0) is 26.9. The number of aromatic nitrogens is 2. The molecule has 2 aromatic heterocycles. The van der Waals surface area contributed by atoms with Crippen LogP contribution in [0.3, 0.4) is 0 Å². The molecule has 2 aliphatic rings. The number of carbonyl (C=O) groups is 4. The normalized spacial score (nSPS) is 19.2. The monoisotopic (exact) mass is 587 g/mol. The van der Waals surface area contributed by atoms with Crippen LogP contribution in [0.5, 0.6) is 0 Å². The van der Waals surface area contributed by atoms with Crippen LogP contribution >= 0.6 is 23.1 Å². The van der Waals surface area contributed by atoms with Crippen LogP contribution in [0.1, 0.15) is 19.5 Å². The van der Waals surface area contributed by atoms with Gasteiger partial charge in [-0.05, 0) is 13.8 Å². The number of pyridine rings is 1. The van der Waals surface area contributed by atoms with Crippen LogP contribution in [0, 0.1) is 0 Å². The summed E-state index contributed by atoms with van der Waals surface area (Å²) in [5.41, 5.74) is 4.04. The fourth-order valence-electron chi connectivity index (χ4n) is 3.57. The molecule has 0 unspecified atom stereocenters. The molecule has 1 fully saturated rings. The van der Waals surface area contributed by atoms with Crippen LogP contribution in [0.2, 0.25) is 0 Å². The number of fused-ring (bicyclic) bond motifs is 1. The second kappa shape index (κ2) is 12.2. The third-order valence-corrected chi connectivity index (χ3v) is 7.56. The summed E-state index contributed by atoms with van der Waals surface area (Å²) in [6.07, 6.45) is 3.59. The van der Waals surface area contributed by atoms with Gasteiger partial charge < -0.3 is 26.1 Å². The van der Waals surface area contributed by atoms with Gasteiger partial charge in [0.05, 0.1) is 0 Å². The van der Waals surface area contributed by atoms with Gasteiger partial charge in [0.25, 0.3) is 11.8 Å². The molecule has 0 aromatic carbocycles. The van der Waals surface area contributed by atoms with Crippen LogP contribution in [-0.2, 0) is 30.6 Å². The van der Waals surface area contributed by atoms with Crippen molar-refractivity contribution in [2.45, 2.75) is 37.4 Å². The summed E-state index contributed by atoms with van der Waals surface area (Å²) in [7, 11) is 0. The number of β-lactam (4-membered cyclic amide) rings is 1. The van der Waals surface area contributed by atoms with Crippen LogP contribution in [0.25, 0.3) is 0 Å². The number of oxime groups is 1. The number of anilines is 1. The molecule has 2 aliphatic heterocycles. The molecule has 2 atom stereocenters. The number of rotatable bonds is 9. The molecule has 5 N–H and O–H groups in total. The van der Waals surface area contributed by atoms with Crippen LogP contribution in [-0.4, -0.2) is 124 Å². The first-order valence-corrected chi connectivity index (χ1v) is 12.8. The van der Waals surface area contributed by atoms with Gasteiger partial charge in [-0.25, -0.2) is 19.1 Å². The maximum absolute atomic E-state index is 13.1. The van der Waals surface area contributed by atoms with Gasteiger partial charge in [-0.15, -0.1) is 23.1 Å². The second-order valence-corrected chi connectivity index (χ2v) is 10.6. The van der Waals surface area contributed by atoms with Crippen LogP contribution < -0.4 is 15.6 Å². The Kier molecular flexibility index (Phi) is 9.72. The molecule has 0 radical (unpaired) electrons. The first kappa shape index (κ1) is 30.2. The van der Waals surface area contributed by atoms with E-state index in [2.05, 4.69) is 15.5 Å². The Bertz CT molecular complexity index is 1330. The third kappa shape index (κ3) is 6.27. The zero-order valence-corrected chi connectivity index (χ0v) is 21.3. The number of nitrogens with zero attached hydrogens (tertiary/aromatic N) is 4. The van der Waals surface area contributed by atoms with E-state index < -0.39 is 40.8 Å². The minimum atomic E-state index is -1.75. The van der Waals surface area contributed by atoms with Gasteiger partial charge in [0.1, 0.15) is 22.8 Å². The number of thioether (sulfide) groups is 1. The minimum absolute atomic E-state index is 0. The number of carboxylic acids is 2. The third-order valence-electron chi connectivity index (χ3n) is 5.55. The van der Waals surface area contributed by atoms with Crippen molar-refractivity contribution < 1.29 is 38.8 Å². The van der Waals surface area contributed by atoms with Gasteiger partial charge in [0.15, 0.2) is 29.8 Å². The molecular weight excluding hydrogens is 564 g/mol. The second-order valence-electron chi connectivity index (χ2n) is 8.58. The molecule has 2 aromatic rings. The molecule has 4 rings (SSSR count). The fourth-order valence-corrected chi connectivity index (χ4v) is 5.46. The van der Waals surface area contributed by atoms with Gasteiger partial charge >= 0.3 is 63.3 Å². The quantitative estimate of drug-likeness (QED) is 0.0968. The maximum atomic E-state index is 13.1. The molecule has 38 heavy (non-hydrogen) atoms. The average Bonchev–Trinajstić information content (AvgIpc) is 3.28. The van der Waals surface area contributed by atoms with Crippen molar-refractivity contribution in [3.05, 3.63) is 52.9 Å². The van der Waals surface area contributed by atoms with Gasteiger partial charge in [-0.3, -0.25) is 14.5 Å². The molecule has 0 aliphatic carbocycles. The Hall–Kier alpha value is -2.34. The number of nitrogen functional groups attached to an aromatic ring is 1. The van der Waals surface area contributed by atoms with Crippen molar-refractivity contribution in [2.24, 2.45) is 5.16 Å². The van der Waals surface area contributed by atoms with E-state index in [0.29, 0.717) is 17.9 Å². The van der Waals surface area contributed by atoms with E-state index >= 15 is 0 Å². The standard InChI is InChI=1S/C22H22N6O7S2.K.H/c1-22(2,20(33)34)35-26-13(12-10-37-21(23)24-12)16(29)25-14-17(30)28-15(19(31)32)11(9-36-18(14)28)8-27-6-4-3-5-7-27;;/h3-7,10,14,18H,8-9H2,1-2H3,(H4-,23,24,25,29,31,32,33,34);;/p+1/b26-13+;;/t14-,18-;;/m1../s1. The summed E-state index contributed by atoms with van der Waals surface area (Å²) in [6.45, 7) is 2.80. The van der Waals surface area contributed by atoms with Gasteiger partial charge in [0.2, 0.25) is 5.60 Å². The molecular formula is C22H24KN6O7S2+. The molecule has 16 heteroatoms. The summed E-state index contributed by atoms with van der Waals surface area (Å²) in [5.74, 6) is -3.66. The van der Waals surface area contributed by atoms with E-state index in [0.717, 1.165) is 11.3 Å². The average molecular weight is 588 g/mol. The van der Waals surface area contributed by atoms with Crippen LogP contribution in [0.4, 0.5) is 5.13 Å². The van der Waals surface area contributed by atoms with Crippen molar-refractivity contribution in [3.8, 4) is 0 Å². The van der Waals surface area contributed by atoms with E-state index in [-0.39, 0.29) is 73.6 Å². The Balaban J connectivity index is 0.00000400. The van der Waals surface area contributed by atoms with E-state index in [4.69, 9.17) is 10.6 Å². The molecule has 4 heterocycles.